The Bertz CT molecular complexity index is 676. The van der Waals surface area contributed by atoms with E-state index < -0.39 is 0 Å². The summed E-state index contributed by atoms with van der Waals surface area (Å²) < 4.78 is 0. The van der Waals surface area contributed by atoms with Crippen LogP contribution in [0.3, 0.4) is 0 Å². The number of aromatic hydroxyl groups is 1. The lowest BCUT2D eigenvalue weighted by Crippen LogP contribution is -1.81. The number of phenolic OH excluding ortho intramolecular Hbond substituents is 1. The fourth-order valence-electron chi connectivity index (χ4n) is 1.96. The van der Waals surface area contributed by atoms with Crippen molar-refractivity contribution in [2.24, 2.45) is 0 Å². The molecule has 0 bridgehead atoms. The van der Waals surface area contributed by atoms with E-state index in [9.17, 15) is 5.11 Å². The monoisotopic (exact) mass is 221 g/mol. The number of nitrogens with zero attached hydrogens (tertiary/aromatic N) is 1. The van der Waals surface area contributed by atoms with Crippen LogP contribution in [-0.2, 0) is 0 Å². The van der Waals surface area contributed by atoms with Crippen LogP contribution in [0.4, 0.5) is 0 Å². The smallest absolute Gasteiger partial charge is 0.123 e. The van der Waals surface area contributed by atoms with Gasteiger partial charge in [-0.15, -0.1) is 0 Å². The molecule has 0 aliphatic carbocycles. The van der Waals surface area contributed by atoms with E-state index >= 15 is 0 Å². The zero-order valence-corrected chi connectivity index (χ0v) is 9.17. The van der Waals surface area contributed by atoms with E-state index in [1.165, 1.54) is 0 Å². The molecular weight excluding hydrogens is 210 g/mol. The summed E-state index contributed by atoms with van der Waals surface area (Å²) in [7, 11) is 0. The summed E-state index contributed by atoms with van der Waals surface area (Å²) in [5.74, 6) is 0.302. The van der Waals surface area contributed by atoms with Gasteiger partial charge in [0.2, 0.25) is 0 Å². The fourth-order valence-corrected chi connectivity index (χ4v) is 1.96. The lowest BCUT2D eigenvalue weighted by atomic mass is 10.0. The number of phenols is 1. The van der Waals surface area contributed by atoms with Crippen LogP contribution >= 0.6 is 0 Å². The number of benzene rings is 2. The molecule has 82 valence electrons. The minimum absolute atomic E-state index is 0.302. The molecule has 1 aromatic heterocycles. The Hall–Kier alpha value is -2.35. The van der Waals surface area contributed by atoms with Crippen molar-refractivity contribution in [2.75, 3.05) is 0 Å². The Morgan fingerprint density at radius 1 is 0.882 bits per heavy atom. The zero-order valence-electron chi connectivity index (χ0n) is 9.17. The first-order valence-electron chi connectivity index (χ1n) is 5.48. The zero-order chi connectivity index (χ0) is 11.7. The Balaban J connectivity index is 2.22. The summed E-state index contributed by atoms with van der Waals surface area (Å²) in [5.41, 5.74) is 2.81. The summed E-state index contributed by atoms with van der Waals surface area (Å²) in [6, 6.07) is 17.3. The molecule has 2 nitrogen and oxygen atoms in total. The topological polar surface area (TPSA) is 33.1 Å². The quantitative estimate of drug-likeness (QED) is 0.681. The highest BCUT2D eigenvalue weighted by molar-refractivity contribution is 5.85. The predicted molar refractivity (Wildman–Crippen MR) is 68.8 cm³/mol. The first-order valence-corrected chi connectivity index (χ1v) is 5.48. The van der Waals surface area contributed by atoms with Gasteiger partial charge in [-0.2, -0.15) is 0 Å². The molecule has 1 heterocycles. The minimum Gasteiger partial charge on any atom is -0.507 e. The lowest BCUT2D eigenvalue weighted by molar-refractivity contribution is 0.477. The van der Waals surface area contributed by atoms with Crippen LogP contribution in [0.15, 0.2) is 60.8 Å². The van der Waals surface area contributed by atoms with E-state index in [0.717, 1.165) is 22.0 Å². The Labute approximate surface area is 99.2 Å². The van der Waals surface area contributed by atoms with Gasteiger partial charge >= 0.3 is 0 Å². The van der Waals surface area contributed by atoms with Crippen LogP contribution in [0.1, 0.15) is 0 Å². The van der Waals surface area contributed by atoms with Crippen LogP contribution in [0.2, 0.25) is 0 Å². The number of hydrogen-bond acceptors (Lipinski definition) is 2. The normalized spacial score (nSPS) is 10.6. The number of hydrogen-bond donors (Lipinski definition) is 1. The van der Waals surface area contributed by atoms with Gasteiger partial charge in [0.1, 0.15) is 5.75 Å². The van der Waals surface area contributed by atoms with E-state index in [-0.39, 0.29) is 0 Å². The Morgan fingerprint density at radius 2 is 1.76 bits per heavy atom. The summed E-state index contributed by atoms with van der Waals surface area (Å²) >= 11 is 0. The molecule has 3 aromatic rings. The molecule has 0 saturated carbocycles. The van der Waals surface area contributed by atoms with Gasteiger partial charge in [-0.05, 0) is 29.8 Å². The molecule has 0 atom stereocenters. The molecule has 0 radical (unpaired) electrons. The van der Waals surface area contributed by atoms with Gasteiger partial charge < -0.3 is 5.11 Å². The van der Waals surface area contributed by atoms with Crippen LogP contribution in [-0.4, -0.2) is 10.1 Å². The number of rotatable bonds is 1. The number of aromatic nitrogens is 1. The second-order valence-electron chi connectivity index (χ2n) is 3.93. The van der Waals surface area contributed by atoms with E-state index in [4.69, 9.17) is 0 Å². The number of fused-ring (bicyclic) bond motifs is 1. The molecule has 0 fully saturated rings. The molecule has 0 aliphatic heterocycles. The van der Waals surface area contributed by atoms with Gasteiger partial charge in [0.05, 0.1) is 5.52 Å². The van der Waals surface area contributed by atoms with Crippen molar-refractivity contribution >= 4 is 10.9 Å². The highest BCUT2D eigenvalue weighted by Gasteiger charge is 2.03. The van der Waals surface area contributed by atoms with E-state index in [1.807, 2.05) is 48.5 Å². The summed E-state index contributed by atoms with van der Waals surface area (Å²) in [5, 5.41) is 10.9. The molecular formula is C15H11NO. The van der Waals surface area contributed by atoms with Gasteiger partial charge in [0.25, 0.3) is 0 Å². The van der Waals surface area contributed by atoms with Crippen LogP contribution in [0, 0.1) is 0 Å². The van der Waals surface area contributed by atoms with Crippen molar-refractivity contribution in [3.05, 3.63) is 60.8 Å². The summed E-state index contributed by atoms with van der Waals surface area (Å²) in [6.07, 6.45) is 1.78. The largest absolute Gasteiger partial charge is 0.507 e. The third-order valence-corrected chi connectivity index (χ3v) is 2.82. The molecule has 2 heteroatoms. The molecule has 0 unspecified atom stereocenters. The molecule has 0 spiro atoms. The van der Waals surface area contributed by atoms with Crippen LogP contribution in [0.5, 0.6) is 5.75 Å². The third kappa shape index (κ3) is 1.74. The average molecular weight is 221 g/mol. The first kappa shape index (κ1) is 9.85. The van der Waals surface area contributed by atoms with Crippen molar-refractivity contribution in [3.63, 3.8) is 0 Å². The van der Waals surface area contributed by atoms with E-state index in [2.05, 4.69) is 4.98 Å². The van der Waals surface area contributed by atoms with Crippen molar-refractivity contribution in [1.82, 2.24) is 4.98 Å². The Kier molecular flexibility index (Phi) is 2.26. The molecule has 2 aromatic carbocycles. The summed E-state index contributed by atoms with van der Waals surface area (Å²) in [6.45, 7) is 0. The van der Waals surface area contributed by atoms with Gasteiger partial charge in [0.15, 0.2) is 0 Å². The van der Waals surface area contributed by atoms with Crippen molar-refractivity contribution in [1.29, 1.82) is 0 Å². The molecule has 1 N–H and O–H groups in total. The summed E-state index contributed by atoms with van der Waals surface area (Å²) in [4.78, 5) is 4.28. The molecule has 0 saturated heterocycles. The second kappa shape index (κ2) is 3.91. The highest BCUT2D eigenvalue weighted by atomic mass is 16.3. The van der Waals surface area contributed by atoms with Gasteiger partial charge in [-0.3, -0.25) is 4.98 Å². The predicted octanol–water partition coefficient (Wildman–Crippen LogP) is 3.61. The van der Waals surface area contributed by atoms with Crippen molar-refractivity contribution < 1.29 is 5.11 Å². The molecule has 3 rings (SSSR count). The van der Waals surface area contributed by atoms with Gasteiger partial charge in [-0.1, -0.05) is 30.3 Å². The maximum atomic E-state index is 9.82. The third-order valence-electron chi connectivity index (χ3n) is 2.82. The minimum atomic E-state index is 0.302. The van der Waals surface area contributed by atoms with Crippen LogP contribution < -0.4 is 0 Å². The van der Waals surface area contributed by atoms with Gasteiger partial charge in [0, 0.05) is 17.1 Å². The molecule has 0 amide bonds. The van der Waals surface area contributed by atoms with Crippen molar-refractivity contribution in [2.45, 2.75) is 0 Å². The molecule has 0 aliphatic rings. The van der Waals surface area contributed by atoms with E-state index in [1.54, 1.807) is 12.3 Å². The lowest BCUT2D eigenvalue weighted by Gasteiger charge is -2.05. The maximum absolute atomic E-state index is 9.82. The highest BCUT2D eigenvalue weighted by Crippen LogP contribution is 2.30. The average Bonchev–Trinajstić information content (AvgIpc) is 2.39. The van der Waals surface area contributed by atoms with Crippen molar-refractivity contribution in [3.8, 4) is 16.9 Å². The maximum Gasteiger partial charge on any atom is 0.123 e. The first-order chi connectivity index (χ1) is 8.34. The van der Waals surface area contributed by atoms with Gasteiger partial charge in [-0.25, -0.2) is 0 Å². The SMILES string of the molecule is Oc1ccccc1-c1ccc2ncccc2c1. The standard InChI is InChI=1S/C15H11NO/c17-15-6-2-1-5-13(15)11-7-8-14-12(10-11)4-3-9-16-14/h1-10,17H. The Morgan fingerprint density at radius 3 is 2.65 bits per heavy atom. The van der Waals surface area contributed by atoms with E-state index in [0.29, 0.717) is 5.75 Å². The second-order valence-corrected chi connectivity index (χ2v) is 3.93. The number of para-hydroxylation sites is 1. The van der Waals surface area contributed by atoms with Crippen LogP contribution in [0.25, 0.3) is 22.0 Å². The molecule has 17 heavy (non-hydrogen) atoms. The fraction of sp³-hybridized carbons (Fsp3) is 0. The number of pyridine rings is 1.